The monoisotopic (exact) mass is 427 g/mol. The zero-order valence-corrected chi connectivity index (χ0v) is 17.1. The molecule has 2 aromatic carbocycles. The third-order valence-corrected chi connectivity index (χ3v) is 5.87. The van der Waals surface area contributed by atoms with Gasteiger partial charge < -0.3 is 15.0 Å². The van der Waals surface area contributed by atoms with Gasteiger partial charge >= 0.3 is 0 Å². The van der Waals surface area contributed by atoms with E-state index in [0.717, 1.165) is 11.1 Å². The molecule has 3 aromatic rings. The lowest BCUT2D eigenvalue weighted by Gasteiger charge is -2.24. The molecule has 1 atom stereocenters. The van der Waals surface area contributed by atoms with Gasteiger partial charge in [-0.3, -0.25) is 9.59 Å². The van der Waals surface area contributed by atoms with Crippen molar-refractivity contribution in [2.24, 2.45) is 0 Å². The molecule has 2 N–H and O–H groups in total. The second-order valence-corrected chi connectivity index (χ2v) is 8.03. The fourth-order valence-electron chi connectivity index (χ4n) is 3.34. The zero-order chi connectivity index (χ0) is 20.4. The molecule has 29 heavy (non-hydrogen) atoms. The number of aromatic amines is 1. The van der Waals surface area contributed by atoms with Crippen LogP contribution < -0.4 is 15.6 Å². The summed E-state index contributed by atoms with van der Waals surface area (Å²) in [5.41, 5.74) is 2.06. The number of thioether (sulfide) groups is 1. The minimum Gasteiger partial charge on any atom is -0.497 e. The van der Waals surface area contributed by atoms with Gasteiger partial charge in [0.1, 0.15) is 11.6 Å². The van der Waals surface area contributed by atoms with Crippen molar-refractivity contribution in [3.8, 4) is 5.75 Å². The number of hydrogen-bond donors (Lipinski definition) is 2. The van der Waals surface area contributed by atoms with E-state index in [1.807, 2.05) is 48.5 Å². The maximum absolute atomic E-state index is 12.9. The van der Waals surface area contributed by atoms with Crippen LogP contribution in [0.15, 0.2) is 58.5 Å². The Balaban J connectivity index is 1.65. The maximum Gasteiger partial charge on any atom is 0.257 e. The van der Waals surface area contributed by atoms with Crippen LogP contribution in [0.4, 0.5) is 5.82 Å². The molecule has 6 nitrogen and oxygen atoms in total. The molecule has 0 spiro atoms. The average Bonchev–Trinajstić information content (AvgIpc) is 2.71. The summed E-state index contributed by atoms with van der Waals surface area (Å²) in [6.45, 7) is 0. The number of carbonyl (C=O) groups excluding carboxylic acids is 1. The molecule has 1 aliphatic heterocycles. The highest BCUT2D eigenvalue weighted by atomic mass is 35.5. The fraction of sp³-hybridized carbons (Fsp3) is 0.190. The molecule has 1 aromatic heterocycles. The first kappa shape index (κ1) is 19.5. The van der Waals surface area contributed by atoms with Crippen molar-refractivity contribution in [3.63, 3.8) is 0 Å². The Kier molecular flexibility index (Phi) is 5.60. The molecule has 1 aliphatic rings. The number of aromatic nitrogens is 2. The molecule has 1 unspecified atom stereocenters. The quantitative estimate of drug-likeness (QED) is 0.471. The number of halogens is 1. The molecule has 0 radical (unpaired) electrons. The summed E-state index contributed by atoms with van der Waals surface area (Å²) in [4.78, 5) is 32.5. The molecular weight excluding hydrogens is 410 g/mol. The molecule has 2 heterocycles. The van der Waals surface area contributed by atoms with Crippen LogP contribution in [0.1, 0.15) is 29.0 Å². The maximum atomic E-state index is 12.9. The molecule has 0 bridgehead atoms. The molecular formula is C21H18ClN3O3S. The van der Waals surface area contributed by atoms with Crippen LogP contribution in [0.3, 0.4) is 0 Å². The van der Waals surface area contributed by atoms with E-state index in [9.17, 15) is 9.59 Å². The minimum atomic E-state index is -0.378. The summed E-state index contributed by atoms with van der Waals surface area (Å²) >= 11 is 7.40. The number of hydrogen-bond acceptors (Lipinski definition) is 5. The summed E-state index contributed by atoms with van der Waals surface area (Å²) in [7, 11) is 1.58. The third kappa shape index (κ3) is 4.31. The van der Waals surface area contributed by atoms with Crippen LogP contribution in [-0.4, -0.2) is 23.0 Å². The number of methoxy groups -OCH3 is 1. The van der Waals surface area contributed by atoms with E-state index in [2.05, 4.69) is 15.3 Å². The van der Waals surface area contributed by atoms with Crippen molar-refractivity contribution < 1.29 is 9.53 Å². The van der Waals surface area contributed by atoms with Gasteiger partial charge in [0.05, 0.1) is 12.7 Å². The van der Waals surface area contributed by atoms with Gasteiger partial charge in [-0.05, 0) is 35.4 Å². The van der Waals surface area contributed by atoms with E-state index >= 15 is 0 Å². The lowest BCUT2D eigenvalue weighted by Crippen LogP contribution is -2.31. The molecule has 0 saturated heterocycles. The Hall–Kier alpha value is -2.77. The smallest absolute Gasteiger partial charge is 0.257 e. The number of anilines is 1. The van der Waals surface area contributed by atoms with Crippen molar-refractivity contribution in [1.82, 2.24) is 9.97 Å². The second-order valence-electron chi connectivity index (χ2n) is 6.63. The average molecular weight is 428 g/mol. The predicted molar refractivity (Wildman–Crippen MR) is 114 cm³/mol. The number of nitrogens with zero attached hydrogens (tertiary/aromatic N) is 1. The van der Waals surface area contributed by atoms with Crippen molar-refractivity contribution >= 4 is 35.1 Å². The Morgan fingerprint density at radius 2 is 2.03 bits per heavy atom. The highest BCUT2D eigenvalue weighted by Crippen LogP contribution is 2.35. The van der Waals surface area contributed by atoms with E-state index in [4.69, 9.17) is 16.3 Å². The third-order valence-electron chi connectivity index (χ3n) is 4.69. The SMILES string of the molecule is COc1cccc(C2CC(=O)Nc3nc(SCc4cccc(Cl)c4)[nH]c(=O)c32)c1. The van der Waals surface area contributed by atoms with Crippen molar-refractivity contribution in [3.05, 3.63) is 80.6 Å². The number of rotatable bonds is 5. The molecule has 4 rings (SSSR count). The summed E-state index contributed by atoms with van der Waals surface area (Å²) in [5, 5.41) is 3.84. The van der Waals surface area contributed by atoms with Gasteiger partial charge in [0, 0.05) is 23.1 Å². The molecule has 0 fully saturated rings. The molecule has 1 amide bonds. The largest absolute Gasteiger partial charge is 0.497 e. The van der Waals surface area contributed by atoms with Crippen LogP contribution in [0, 0.1) is 0 Å². The van der Waals surface area contributed by atoms with Gasteiger partial charge in [-0.25, -0.2) is 4.98 Å². The first-order chi connectivity index (χ1) is 14.0. The van der Waals surface area contributed by atoms with Gasteiger partial charge in [-0.2, -0.15) is 0 Å². The molecule has 0 aliphatic carbocycles. The predicted octanol–water partition coefficient (Wildman–Crippen LogP) is 4.20. The second kappa shape index (κ2) is 8.31. The van der Waals surface area contributed by atoms with Gasteiger partial charge in [0.15, 0.2) is 5.16 Å². The Labute approximate surface area is 176 Å². The topological polar surface area (TPSA) is 84.1 Å². The van der Waals surface area contributed by atoms with E-state index < -0.39 is 0 Å². The first-order valence-electron chi connectivity index (χ1n) is 8.99. The van der Waals surface area contributed by atoms with E-state index in [0.29, 0.717) is 33.1 Å². The van der Waals surface area contributed by atoms with Gasteiger partial charge in [-0.15, -0.1) is 0 Å². The van der Waals surface area contributed by atoms with Crippen LogP contribution in [0.5, 0.6) is 5.75 Å². The number of fused-ring (bicyclic) bond motifs is 1. The number of nitrogens with one attached hydrogen (secondary N) is 2. The zero-order valence-electron chi connectivity index (χ0n) is 15.6. The van der Waals surface area contributed by atoms with Crippen LogP contribution in [0.25, 0.3) is 0 Å². The summed E-state index contributed by atoms with van der Waals surface area (Å²) in [6.07, 6.45) is 0.180. The number of carbonyl (C=O) groups is 1. The number of amides is 1. The Morgan fingerprint density at radius 3 is 2.83 bits per heavy atom. The first-order valence-corrected chi connectivity index (χ1v) is 10.3. The van der Waals surface area contributed by atoms with Crippen LogP contribution >= 0.6 is 23.4 Å². The summed E-state index contributed by atoms with van der Waals surface area (Å²) in [5.74, 6) is 1.03. The van der Waals surface area contributed by atoms with E-state index in [1.54, 1.807) is 7.11 Å². The van der Waals surface area contributed by atoms with Crippen molar-refractivity contribution in [2.45, 2.75) is 23.2 Å². The van der Waals surface area contributed by atoms with Gasteiger partial charge in [0.2, 0.25) is 5.91 Å². The molecule has 8 heteroatoms. The Morgan fingerprint density at radius 1 is 1.21 bits per heavy atom. The number of ether oxygens (including phenoxy) is 1. The van der Waals surface area contributed by atoms with E-state index in [1.165, 1.54) is 11.8 Å². The standard InChI is InChI=1S/C21H18ClN3O3S/c1-28-15-7-3-5-13(9-15)16-10-17(26)23-19-18(16)20(27)25-21(24-19)29-11-12-4-2-6-14(22)8-12/h2-9,16H,10-11H2,1H3,(H2,23,24,25,26,27). The Bertz CT molecular complexity index is 1130. The minimum absolute atomic E-state index is 0.172. The highest BCUT2D eigenvalue weighted by molar-refractivity contribution is 7.98. The fourth-order valence-corrected chi connectivity index (χ4v) is 4.36. The molecule has 0 saturated carbocycles. The normalized spacial score (nSPS) is 15.5. The summed E-state index contributed by atoms with van der Waals surface area (Å²) in [6, 6.07) is 14.9. The lowest BCUT2D eigenvalue weighted by atomic mass is 9.87. The van der Waals surface area contributed by atoms with Crippen molar-refractivity contribution in [2.75, 3.05) is 12.4 Å². The lowest BCUT2D eigenvalue weighted by molar-refractivity contribution is -0.116. The van der Waals surface area contributed by atoms with Crippen LogP contribution in [0.2, 0.25) is 5.02 Å². The summed E-state index contributed by atoms with van der Waals surface area (Å²) < 4.78 is 5.28. The number of H-pyrrole nitrogens is 1. The number of benzene rings is 2. The van der Waals surface area contributed by atoms with Crippen molar-refractivity contribution in [1.29, 1.82) is 0 Å². The van der Waals surface area contributed by atoms with Crippen LogP contribution in [-0.2, 0) is 10.5 Å². The van der Waals surface area contributed by atoms with Gasteiger partial charge in [-0.1, -0.05) is 47.6 Å². The highest BCUT2D eigenvalue weighted by Gasteiger charge is 2.31. The molecule has 148 valence electrons. The van der Waals surface area contributed by atoms with E-state index in [-0.39, 0.29) is 23.8 Å². The van der Waals surface area contributed by atoms with Gasteiger partial charge in [0.25, 0.3) is 5.56 Å².